The number of rotatable bonds is 3. The van der Waals surface area contributed by atoms with Crippen molar-refractivity contribution in [2.45, 2.75) is 70.8 Å². The van der Waals surface area contributed by atoms with Crippen molar-refractivity contribution in [3.63, 3.8) is 0 Å². The summed E-state index contributed by atoms with van der Waals surface area (Å²) in [5.74, 6) is -0.00849. The monoisotopic (exact) mass is 327 g/mol. The van der Waals surface area contributed by atoms with Crippen molar-refractivity contribution in [1.29, 1.82) is 0 Å². The summed E-state index contributed by atoms with van der Waals surface area (Å²) < 4.78 is 5.21. The van der Waals surface area contributed by atoms with Gasteiger partial charge >= 0.3 is 0 Å². The number of pyridine rings is 1. The van der Waals surface area contributed by atoms with Gasteiger partial charge < -0.3 is 9.84 Å². The molecule has 2 aromatic rings. The zero-order chi connectivity index (χ0) is 16.6. The molecule has 4 rings (SSSR count). The van der Waals surface area contributed by atoms with Crippen molar-refractivity contribution in [2.75, 3.05) is 0 Å². The summed E-state index contributed by atoms with van der Waals surface area (Å²) in [6.07, 6.45) is 12.4. The fraction of sp³-hybridized carbons (Fsp3) is 0.632. The van der Waals surface area contributed by atoms with Crippen LogP contribution in [0.5, 0.6) is 0 Å². The summed E-state index contributed by atoms with van der Waals surface area (Å²) in [5.41, 5.74) is 2.32. The van der Waals surface area contributed by atoms with E-state index in [1.807, 2.05) is 13.0 Å². The first kappa shape index (κ1) is 15.6. The molecule has 2 heterocycles. The van der Waals surface area contributed by atoms with Crippen LogP contribution in [-0.4, -0.2) is 22.1 Å². The highest BCUT2D eigenvalue weighted by Gasteiger charge is 2.43. The summed E-state index contributed by atoms with van der Waals surface area (Å²) in [4.78, 5) is 17.1. The van der Waals surface area contributed by atoms with Gasteiger partial charge in [-0.3, -0.25) is 4.79 Å². The normalized spacial score (nSPS) is 23.0. The number of aromatic nitrogens is 2. The lowest BCUT2D eigenvalue weighted by atomic mass is 9.69. The second-order valence-electron chi connectivity index (χ2n) is 7.40. The van der Waals surface area contributed by atoms with Crippen LogP contribution in [0.1, 0.15) is 74.3 Å². The summed E-state index contributed by atoms with van der Waals surface area (Å²) in [7, 11) is 0. The molecule has 0 saturated heterocycles. The number of carbonyl (C=O) groups is 1. The van der Waals surface area contributed by atoms with E-state index in [1.165, 1.54) is 44.9 Å². The lowest BCUT2D eigenvalue weighted by Crippen LogP contribution is -2.48. The fourth-order valence-corrected chi connectivity index (χ4v) is 4.71. The van der Waals surface area contributed by atoms with E-state index in [4.69, 9.17) is 4.52 Å². The molecule has 0 aromatic carbocycles. The number of aryl methyl sites for hydroxylation is 1. The Morgan fingerprint density at radius 3 is 2.79 bits per heavy atom. The lowest BCUT2D eigenvalue weighted by molar-refractivity contribution is 0.0805. The highest BCUT2D eigenvalue weighted by Crippen LogP contribution is 2.49. The molecule has 5 heteroatoms. The van der Waals surface area contributed by atoms with Gasteiger partial charge in [-0.1, -0.05) is 37.8 Å². The van der Waals surface area contributed by atoms with Crippen LogP contribution >= 0.6 is 0 Å². The van der Waals surface area contributed by atoms with Crippen molar-refractivity contribution < 1.29 is 9.32 Å². The van der Waals surface area contributed by atoms with E-state index in [-0.39, 0.29) is 5.91 Å². The topological polar surface area (TPSA) is 68.0 Å². The first-order valence-electron chi connectivity index (χ1n) is 9.27. The fourth-order valence-electron chi connectivity index (χ4n) is 4.71. The van der Waals surface area contributed by atoms with Gasteiger partial charge in [-0.2, -0.15) is 0 Å². The Labute approximate surface area is 142 Å². The van der Waals surface area contributed by atoms with Gasteiger partial charge in [0.15, 0.2) is 0 Å². The second-order valence-corrected chi connectivity index (χ2v) is 7.40. The maximum atomic E-state index is 12.8. The highest BCUT2D eigenvalue weighted by atomic mass is 16.5. The molecular weight excluding hydrogens is 302 g/mol. The standard InChI is InChI=1S/C19H25N3O2/c1-2-15-14-11-13(12-20-18(14)24-22-15)17(23)21-16-7-3-4-8-19(16)9-5-6-10-19/h11-12,16H,2-10H2,1H3,(H,21,23). The van der Waals surface area contributed by atoms with Crippen LogP contribution in [0.25, 0.3) is 11.1 Å². The van der Waals surface area contributed by atoms with Crippen LogP contribution < -0.4 is 5.32 Å². The number of fused-ring (bicyclic) bond motifs is 1. The van der Waals surface area contributed by atoms with Crippen molar-refractivity contribution in [2.24, 2.45) is 5.41 Å². The van der Waals surface area contributed by atoms with Gasteiger partial charge in [0.1, 0.15) is 0 Å². The van der Waals surface area contributed by atoms with E-state index in [9.17, 15) is 4.79 Å². The van der Waals surface area contributed by atoms with Crippen molar-refractivity contribution >= 4 is 17.0 Å². The van der Waals surface area contributed by atoms with Crippen molar-refractivity contribution in [3.05, 3.63) is 23.5 Å². The zero-order valence-electron chi connectivity index (χ0n) is 14.3. The minimum atomic E-state index is -0.00849. The molecule has 2 saturated carbocycles. The van der Waals surface area contributed by atoms with Crippen molar-refractivity contribution in [1.82, 2.24) is 15.5 Å². The minimum absolute atomic E-state index is 0.00849. The molecule has 1 atom stereocenters. The molecule has 1 amide bonds. The van der Waals surface area contributed by atoms with Crippen LogP contribution in [0.15, 0.2) is 16.8 Å². The maximum absolute atomic E-state index is 12.8. The molecule has 5 nitrogen and oxygen atoms in total. The predicted octanol–water partition coefficient (Wildman–Crippen LogP) is 4.02. The van der Waals surface area contributed by atoms with Crippen LogP contribution in [0.3, 0.4) is 0 Å². The number of nitrogens with zero attached hydrogens (tertiary/aromatic N) is 2. The Bertz CT molecular complexity index is 746. The highest BCUT2D eigenvalue weighted by molar-refractivity contribution is 5.97. The Morgan fingerprint density at radius 2 is 2.04 bits per heavy atom. The Morgan fingerprint density at radius 1 is 1.29 bits per heavy atom. The molecule has 0 radical (unpaired) electrons. The van der Waals surface area contributed by atoms with Crippen LogP contribution in [0.2, 0.25) is 0 Å². The second kappa shape index (κ2) is 6.19. The Kier molecular flexibility index (Phi) is 4.02. The average Bonchev–Trinajstić information content (AvgIpc) is 3.23. The number of amides is 1. The van der Waals surface area contributed by atoms with Crippen LogP contribution in [-0.2, 0) is 6.42 Å². The Balaban J connectivity index is 1.57. The third kappa shape index (κ3) is 2.60. The minimum Gasteiger partial charge on any atom is -0.349 e. The molecule has 128 valence electrons. The van der Waals surface area contributed by atoms with Gasteiger partial charge in [-0.25, -0.2) is 4.98 Å². The number of hydrogen-bond donors (Lipinski definition) is 1. The van der Waals surface area contributed by atoms with Gasteiger partial charge in [0, 0.05) is 12.2 Å². The maximum Gasteiger partial charge on any atom is 0.257 e. The molecule has 1 spiro atoms. The largest absolute Gasteiger partial charge is 0.349 e. The summed E-state index contributed by atoms with van der Waals surface area (Å²) in [6.45, 7) is 2.02. The number of nitrogens with one attached hydrogen (secondary N) is 1. The summed E-state index contributed by atoms with van der Waals surface area (Å²) >= 11 is 0. The van der Waals surface area contributed by atoms with Crippen LogP contribution in [0, 0.1) is 5.41 Å². The Hall–Kier alpha value is -1.91. The molecule has 2 aliphatic carbocycles. The van der Waals surface area contributed by atoms with E-state index in [2.05, 4.69) is 15.5 Å². The lowest BCUT2D eigenvalue weighted by Gasteiger charge is -2.42. The third-order valence-electron chi connectivity index (χ3n) is 6.06. The molecule has 2 aliphatic rings. The summed E-state index contributed by atoms with van der Waals surface area (Å²) in [6, 6.07) is 2.18. The smallest absolute Gasteiger partial charge is 0.257 e. The van der Waals surface area contributed by atoms with Gasteiger partial charge in [0.2, 0.25) is 0 Å². The molecule has 1 N–H and O–H groups in total. The molecule has 0 aliphatic heterocycles. The molecular formula is C19H25N3O2. The first-order chi connectivity index (χ1) is 11.7. The molecule has 0 bridgehead atoms. The quantitative estimate of drug-likeness (QED) is 0.924. The van der Waals surface area contributed by atoms with E-state index < -0.39 is 0 Å². The predicted molar refractivity (Wildman–Crippen MR) is 91.8 cm³/mol. The number of hydrogen-bond acceptors (Lipinski definition) is 4. The van der Waals surface area contributed by atoms with Gasteiger partial charge in [0.05, 0.1) is 16.6 Å². The van der Waals surface area contributed by atoms with Gasteiger partial charge in [0.25, 0.3) is 11.6 Å². The van der Waals surface area contributed by atoms with E-state index in [1.54, 1.807) is 6.20 Å². The van der Waals surface area contributed by atoms with Gasteiger partial charge in [-0.15, -0.1) is 0 Å². The van der Waals surface area contributed by atoms with E-state index in [0.717, 1.165) is 23.9 Å². The summed E-state index contributed by atoms with van der Waals surface area (Å²) in [5, 5.41) is 8.20. The first-order valence-corrected chi connectivity index (χ1v) is 9.27. The van der Waals surface area contributed by atoms with Crippen LogP contribution in [0.4, 0.5) is 0 Å². The average molecular weight is 327 g/mol. The van der Waals surface area contributed by atoms with Gasteiger partial charge in [-0.05, 0) is 43.6 Å². The molecule has 24 heavy (non-hydrogen) atoms. The number of carbonyl (C=O) groups excluding carboxylic acids is 1. The zero-order valence-corrected chi connectivity index (χ0v) is 14.3. The van der Waals surface area contributed by atoms with E-state index >= 15 is 0 Å². The SMILES string of the molecule is CCc1noc2ncc(C(=O)NC3CCCCC34CCCC4)cc12. The molecule has 1 unspecified atom stereocenters. The van der Waals surface area contributed by atoms with E-state index in [0.29, 0.717) is 22.7 Å². The molecule has 2 aromatic heterocycles. The third-order valence-corrected chi connectivity index (χ3v) is 6.06. The van der Waals surface area contributed by atoms with Crippen molar-refractivity contribution in [3.8, 4) is 0 Å². The molecule has 2 fully saturated rings.